The highest BCUT2D eigenvalue weighted by Gasteiger charge is 2.29. The number of halogens is 1. The van der Waals surface area contributed by atoms with Gasteiger partial charge in [-0.05, 0) is 23.4 Å². The van der Waals surface area contributed by atoms with E-state index in [1.807, 2.05) is 37.3 Å². The van der Waals surface area contributed by atoms with Crippen LogP contribution in [0.25, 0.3) is 0 Å². The predicted octanol–water partition coefficient (Wildman–Crippen LogP) is 3.03. The van der Waals surface area contributed by atoms with Gasteiger partial charge in [-0.1, -0.05) is 46.7 Å². The lowest BCUT2D eigenvalue weighted by Gasteiger charge is -2.15. The van der Waals surface area contributed by atoms with Crippen LogP contribution in [0.5, 0.6) is 0 Å². The maximum absolute atomic E-state index is 11.9. The molecule has 96 valence electrons. The molecule has 0 saturated heterocycles. The molecule has 2 rings (SSSR count). The fourth-order valence-corrected chi connectivity index (χ4v) is 2.63. The highest BCUT2D eigenvalue weighted by atomic mass is 79.9. The second kappa shape index (κ2) is 6.13. The largest absolute Gasteiger partial charge is 0.271 e. The third-order valence-corrected chi connectivity index (χ3v) is 3.69. The van der Waals surface area contributed by atoms with Gasteiger partial charge in [-0.25, -0.2) is 4.99 Å². The molecule has 0 bridgehead atoms. The number of amides is 1. The number of hydrogen-bond donors (Lipinski definition) is 0. The zero-order valence-corrected chi connectivity index (χ0v) is 12.5. The Kier molecular flexibility index (Phi) is 4.51. The molecule has 1 aliphatic rings. The molecule has 0 aliphatic carbocycles. The second-order valence-electron chi connectivity index (χ2n) is 3.74. The summed E-state index contributed by atoms with van der Waals surface area (Å²) in [6, 6.07) is 9.38. The number of aliphatic imine (C=N–C) groups is 2. The topological polar surface area (TPSA) is 65.6 Å². The number of nitriles is 1. The van der Waals surface area contributed by atoms with Gasteiger partial charge in [0, 0.05) is 4.47 Å². The van der Waals surface area contributed by atoms with E-state index in [0.717, 1.165) is 15.8 Å². The molecular formula is C13H10BrN3OS. The molecule has 1 aliphatic heterocycles. The monoisotopic (exact) mass is 335 g/mol. The summed E-state index contributed by atoms with van der Waals surface area (Å²) >= 11 is 4.76. The molecule has 0 N–H and O–H groups in total. The van der Waals surface area contributed by atoms with Crippen LogP contribution >= 0.6 is 27.7 Å². The average Bonchev–Trinajstić information content (AvgIpc) is 2.38. The second-order valence-corrected chi connectivity index (χ2v) is 5.88. The fourth-order valence-electron chi connectivity index (χ4n) is 1.66. The van der Waals surface area contributed by atoms with E-state index < -0.39 is 11.8 Å². The Morgan fingerprint density at radius 1 is 1.47 bits per heavy atom. The van der Waals surface area contributed by atoms with Crippen molar-refractivity contribution in [3.8, 4) is 6.07 Å². The van der Waals surface area contributed by atoms with Gasteiger partial charge in [0.05, 0.1) is 11.8 Å². The third kappa shape index (κ3) is 3.11. The van der Waals surface area contributed by atoms with Crippen LogP contribution in [0.4, 0.5) is 0 Å². The SMILES string of the molecule is CCSC1=NC(=O)C(C#N)C(c2cccc(Br)c2)=N1. The first-order valence-electron chi connectivity index (χ1n) is 5.65. The Labute approximate surface area is 123 Å². The summed E-state index contributed by atoms with van der Waals surface area (Å²) in [7, 11) is 0. The summed E-state index contributed by atoms with van der Waals surface area (Å²) in [6.07, 6.45) is 0. The number of thioether (sulfide) groups is 1. The zero-order chi connectivity index (χ0) is 13.8. The summed E-state index contributed by atoms with van der Waals surface area (Å²) in [6.45, 7) is 1.96. The van der Waals surface area contributed by atoms with Gasteiger partial charge in [0.1, 0.15) is 0 Å². The molecule has 4 nitrogen and oxygen atoms in total. The van der Waals surface area contributed by atoms with E-state index in [2.05, 4.69) is 25.9 Å². The van der Waals surface area contributed by atoms with Gasteiger partial charge >= 0.3 is 0 Å². The van der Waals surface area contributed by atoms with Crippen molar-refractivity contribution in [2.45, 2.75) is 6.92 Å². The minimum Gasteiger partial charge on any atom is -0.271 e. The summed E-state index contributed by atoms with van der Waals surface area (Å²) in [5, 5.41) is 9.56. The van der Waals surface area contributed by atoms with Gasteiger partial charge in [-0.2, -0.15) is 10.3 Å². The molecule has 1 atom stereocenters. The Morgan fingerprint density at radius 3 is 2.89 bits per heavy atom. The maximum Gasteiger partial charge on any atom is 0.271 e. The number of carbonyl (C=O) groups is 1. The summed E-state index contributed by atoms with van der Waals surface area (Å²) in [5.74, 6) is -0.586. The Bertz CT molecular complexity index is 619. The maximum atomic E-state index is 11.9. The van der Waals surface area contributed by atoms with Crippen LogP contribution in [0.1, 0.15) is 12.5 Å². The van der Waals surface area contributed by atoms with Crippen molar-refractivity contribution in [3.63, 3.8) is 0 Å². The van der Waals surface area contributed by atoms with Crippen LogP contribution in [0.15, 0.2) is 38.7 Å². The number of benzene rings is 1. The van der Waals surface area contributed by atoms with E-state index in [0.29, 0.717) is 10.9 Å². The number of hydrogen-bond acceptors (Lipinski definition) is 4. The molecule has 1 aromatic carbocycles. The standard InChI is InChI=1S/C13H10BrN3OS/c1-2-19-13-16-11(10(7-15)12(18)17-13)8-4-3-5-9(14)6-8/h3-6,10H,2H2,1H3. The van der Waals surface area contributed by atoms with Gasteiger partial charge in [0.2, 0.25) is 0 Å². The quantitative estimate of drug-likeness (QED) is 0.834. The molecule has 1 amide bonds. The van der Waals surface area contributed by atoms with E-state index in [1.54, 1.807) is 0 Å². The first-order chi connectivity index (χ1) is 9.15. The summed E-state index contributed by atoms with van der Waals surface area (Å²) in [4.78, 5) is 20.1. The molecule has 0 spiro atoms. The Hall–Kier alpha value is -1.45. The molecular weight excluding hydrogens is 326 g/mol. The van der Waals surface area contributed by atoms with Crippen molar-refractivity contribution < 1.29 is 4.79 Å². The molecule has 19 heavy (non-hydrogen) atoms. The Morgan fingerprint density at radius 2 is 2.26 bits per heavy atom. The summed E-state index contributed by atoms with van der Waals surface area (Å²) in [5.41, 5.74) is 1.23. The molecule has 0 radical (unpaired) electrons. The van der Waals surface area contributed by atoms with Crippen LogP contribution in [0, 0.1) is 17.2 Å². The van der Waals surface area contributed by atoms with Crippen molar-refractivity contribution in [1.29, 1.82) is 5.26 Å². The molecule has 0 aromatic heterocycles. The normalized spacial score (nSPS) is 18.6. The molecule has 1 unspecified atom stereocenters. The van der Waals surface area contributed by atoms with Gasteiger partial charge in [-0.3, -0.25) is 4.79 Å². The minimum absolute atomic E-state index is 0.425. The third-order valence-electron chi connectivity index (χ3n) is 2.47. The van der Waals surface area contributed by atoms with Crippen LogP contribution in [0.2, 0.25) is 0 Å². The van der Waals surface area contributed by atoms with Crippen LogP contribution in [0.3, 0.4) is 0 Å². The van der Waals surface area contributed by atoms with E-state index in [9.17, 15) is 4.79 Å². The van der Waals surface area contributed by atoms with Crippen molar-refractivity contribution in [2.24, 2.45) is 15.9 Å². The van der Waals surface area contributed by atoms with E-state index in [4.69, 9.17) is 5.26 Å². The molecule has 6 heteroatoms. The molecule has 1 heterocycles. The predicted molar refractivity (Wildman–Crippen MR) is 80.4 cm³/mol. The van der Waals surface area contributed by atoms with Crippen molar-refractivity contribution in [3.05, 3.63) is 34.3 Å². The number of nitrogens with zero attached hydrogens (tertiary/aromatic N) is 3. The van der Waals surface area contributed by atoms with Gasteiger partial charge < -0.3 is 0 Å². The van der Waals surface area contributed by atoms with Gasteiger partial charge in [-0.15, -0.1) is 0 Å². The molecule has 0 saturated carbocycles. The van der Waals surface area contributed by atoms with Crippen molar-refractivity contribution in [1.82, 2.24) is 0 Å². The van der Waals surface area contributed by atoms with Gasteiger partial charge in [0.15, 0.2) is 11.1 Å². The van der Waals surface area contributed by atoms with E-state index in [1.165, 1.54) is 11.8 Å². The average molecular weight is 336 g/mol. The van der Waals surface area contributed by atoms with Gasteiger partial charge in [0.25, 0.3) is 5.91 Å². The van der Waals surface area contributed by atoms with Crippen LogP contribution in [-0.2, 0) is 4.79 Å². The van der Waals surface area contributed by atoms with Crippen LogP contribution in [-0.4, -0.2) is 22.5 Å². The summed E-state index contributed by atoms with van der Waals surface area (Å²) < 4.78 is 0.879. The number of amidine groups is 1. The molecule has 0 fully saturated rings. The van der Waals surface area contributed by atoms with Crippen molar-refractivity contribution in [2.75, 3.05) is 5.75 Å². The number of carbonyl (C=O) groups excluding carboxylic acids is 1. The fraction of sp³-hybridized carbons (Fsp3) is 0.231. The highest BCUT2D eigenvalue weighted by molar-refractivity contribution is 9.10. The van der Waals surface area contributed by atoms with E-state index >= 15 is 0 Å². The smallest absolute Gasteiger partial charge is 0.271 e. The van der Waals surface area contributed by atoms with E-state index in [-0.39, 0.29) is 0 Å². The van der Waals surface area contributed by atoms with Crippen molar-refractivity contribution >= 4 is 44.5 Å². The highest BCUT2D eigenvalue weighted by Crippen LogP contribution is 2.22. The zero-order valence-electron chi connectivity index (χ0n) is 10.1. The first kappa shape index (κ1) is 14.0. The lowest BCUT2D eigenvalue weighted by molar-refractivity contribution is -0.118. The minimum atomic E-state index is -0.921. The van der Waals surface area contributed by atoms with Crippen LogP contribution < -0.4 is 0 Å². The lowest BCUT2D eigenvalue weighted by atomic mass is 9.96. The lowest BCUT2D eigenvalue weighted by Crippen LogP contribution is -2.27. The number of rotatable bonds is 2. The first-order valence-corrected chi connectivity index (χ1v) is 7.43. The Balaban J connectivity index is 2.47. The molecule has 1 aromatic rings.